The Bertz CT molecular complexity index is 947. The zero-order valence-electron chi connectivity index (χ0n) is 13.1. The number of halogens is 3. The van der Waals surface area contributed by atoms with E-state index in [-0.39, 0.29) is 14.8 Å². The Kier molecular flexibility index (Phi) is 6.89. The molecule has 1 aromatic heterocycles. The van der Waals surface area contributed by atoms with Crippen LogP contribution in [0.25, 0.3) is 0 Å². The predicted octanol–water partition coefficient (Wildman–Crippen LogP) is 2.79. The van der Waals surface area contributed by atoms with E-state index in [0.717, 1.165) is 15.6 Å². The van der Waals surface area contributed by atoms with E-state index in [2.05, 4.69) is 10.9 Å². The molecule has 0 radical (unpaired) electrons. The second-order valence-electron chi connectivity index (χ2n) is 4.95. The van der Waals surface area contributed by atoms with E-state index < -0.39 is 28.4 Å². The number of hydrazine groups is 1. The second kappa shape index (κ2) is 8.55. The van der Waals surface area contributed by atoms with Gasteiger partial charge in [-0.3, -0.25) is 20.4 Å². The third-order valence-corrected chi connectivity index (χ3v) is 7.13. The summed E-state index contributed by atoms with van der Waals surface area (Å²) in [4.78, 5) is 23.9. The maximum atomic E-state index is 12.3. The summed E-state index contributed by atoms with van der Waals surface area (Å²) < 4.78 is 25.8. The van der Waals surface area contributed by atoms with Crippen molar-refractivity contribution >= 4 is 68.0 Å². The first-order valence-electron chi connectivity index (χ1n) is 6.87. The summed E-state index contributed by atoms with van der Waals surface area (Å²) in [5, 5.41) is 0.446. The number of sulfonamides is 1. The molecule has 0 spiro atoms. The summed E-state index contributed by atoms with van der Waals surface area (Å²) in [5.41, 5.74) is 4.33. The standard InChI is InChI=1S/C14H12Cl3N3O4S2/c1-20(26(23,24)13-5-4-11(17)25-13)7-12(21)18-19-14(22)9-6-8(15)2-3-10(9)16/h2-6H,7H2,1H3,(H,18,21)(H,19,22). The normalized spacial score (nSPS) is 11.4. The lowest BCUT2D eigenvalue weighted by Gasteiger charge is -2.16. The number of hydrogen-bond acceptors (Lipinski definition) is 5. The monoisotopic (exact) mass is 455 g/mol. The van der Waals surface area contributed by atoms with Gasteiger partial charge in [0.25, 0.3) is 21.8 Å². The lowest BCUT2D eigenvalue weighted by Crippen LogP contribution is -2.46. The van der Waals surface area contributed by atoms with Crippen LogP contribution in [0.1, 0.15) is 10.4 Å². The molecule has 2 rings (SSSR count). The van der Waals surface area contributed by atoms with Crippen LogP contribution in [0.5, 0.6) is 0 Å². The fourth-order valence-electron chi connectivity index (χ4n) is 1.78. The second-order valence-corrected chi connectivity index (χ2v) is 9.78. The van der Waals surface area contributed by atoms with Gasteiger partial charge in [0, 0.05) is 12.1 Å². The van der Waals surface area contributed by atoms with Gasteiger partial charge in [0.15, 0.2) is 0 Å². The first-order chi connectivity index (χ1) is 12.1. The summed E-state index contributed by atoms with van der Waals surface area (Å²) in [6, 6.07) is 7.08. The van der Waals surface area contributed by atoms with Crippen LogP contribution in [0.3, 0.4) is 0 Å². The molecule has 12 heteroatoms. The molecule has 26 heavy (non-hydrogen) atoms. The van der Waals surface area contributed by atoms with Crippen molar-refractivity contribution in [3.63, 3.8) is 0 Å². The van der Waals surface area contributed by atoms with Crippen molar-refractivity contribution < 1.29 is 18.0 Å². The predicted molar refractivity (Wildman–Crippen MR) is 101 cm³/mol. The van der Waals surface area contributed by atoms with Crippen molar-refractivity contribution in [1.82, 2.24) is 15.2 Å². The Morgan fingerprint density at radius 3 is 2.42 bits per heavy atom. The van der Waals surface area contributed by atoms with Gasteiger partial charge in [-0.25, -0.2) is 8.42 Å². The smallest absolute Gasteiger partial charge is 0.271 e. The van der Waals surface area contributed by atoms with Crippen LogP contribution in [0.2, 0.25) is 14.4 Å². The molecular formula is C14H12Cl3N3O4S2. The fourth-order valence-corrected chi connectivity index (χ4v) is 4.98. The number of nitrogens with zero attached hydrogens (tertiary/aromatic N) is 1. The minimum Gasteiger partial charge on any atom is -0.272 e. The number of nitrogens with one attached hydrogen (secondary N) is 2. The van der Waals surface area contributed by atoms with Crippen LogP contribution in [-0.2, 0) is 14.8 Å². The number of carbonyl (C=O) groups excluding carboxylic acids is 2. The van der Waals surface area contributed by atoms with Gasteiger partial charge in [0.1, 0.15) is 4.21 Å². The van der Waals surface area contributed by atoms with Crippen molar-refractivity contribution in [1.29, 1.82) is 0 Å². The van der Waals surface area contributed by atoms with Gasteiger partial charge >= 0.3 is 0 Å². The van der Waals surface area contributed by atoms with E-state index in [1.165, 1.54) is 37.4 Å². The highest BCUT2D eigenvalue weighted by Gasteiger charge is 2.25. The molecule has 140 valence electrons. The molecule has 1 heterocycles. The number of amides is 2. The van der Waals surface area contributed by atoms with E-state index in [9.17, 15) is 18.0 Å². The highest BCUT2D eigenvalue weighted by Crippen LogP contribution is 2.27. The molecule has 0 aliphatic carbocycles. The Labute approximate surface area is 168 Å². The fraction of sp³-hybridized carbons (Fsp3) is 0.143. The minimum absolute atomic E-state index is 0.00699. The molecule has 1 aromatic carbocycles. The summed E-state index contributed by atoms with van der Waals surface area (Å²) in [5.74, 6) is -1.44. The van der Waals surface area contributed by atoms with Gasteiger partial charge in [-0.15, -0.1) is 11.3 Å². The minimum atomic E-state index is -3.86. The first-order valence-corrected chi connectivity index (χ1v) is 10.3. The van der Waals surface area contributed by atoms with Crippen molar-refractivity contribution in [2.75, 3.05) is 13.6 Å². The van der Waals surface area contributed by atoms with Gasteiger partial charge in [-0.2, -0.15) is 4.31 Å². The van der Waals surface area contributed by atoms with Crippen LogP contribution >= 0.6 is 46.1 Å². The van der Waals surface area contributed by atoms with E-state index in [1.807, 2.05) is 0 Å². The van der Waals surface area contributed by atoms with Gasteiger partial charge in [-0.05, 0) is 30.3 Å². The van der Waals surface area contributed by atoms with E-state index in [0.29, 0.717) is 9.36 Å². The van der Waals surface area contributed by atoms with Crippen LogP contribution in [0.15, 0.2) is 34.5 Å². The number of thiophene rings is 1. The quantitative estimate of drug-likeness (QED) is 0.676. The summed E-state index contributed by atoms with van der Waals surface area (Å²) >= 11 is 18.3. The van der Waals surface area contributed by atoms with Gasteiger partial charge < -0.3 is 0 Å². The molecule has 2 aromatic rings. The molecule has 0 aliphatic heterocycles. The summed E-state index contributed by atoms with van der Waals surface area (Å²) in [6.07, 6.45) is 0. The molecule has 2 amide bonds. The Balaban J connectivity index is 1.96. The van der Waals surface area contributed by atoms with Crippen LogP contribution in [-0.4, -0.2) is 38.1 Å². The zero-order chi connectivity index (χ0) is 19.5. The average Bonchev–Trinajstić information content (AvgIpc) is 3.02. The van der Waals surface area contributed by atoms with Gasteiger partial charge in [0.2, 0.25) is 0 Å². The maximum Gasteiger partial charge on any atom is 0.271 e. The van der Waals surface area contributed by atoms with E-state index in [4.69, 9.17) is 34.8 Å². The Morgan fingerprint density at radius 2 is 1.81 bits per heavy atom. The van der Waals surface area contributed by atoms with Crippen LogP contribution < -0.4 is 10.9 Å². The molecule has 0 fully saturated rings. The van der Waals surface area contributed by atoms with E-state index in [1.54, 1.807) is 0 Å². The molecule has 0 saturated carbocycles. The van der Waals surface area contributed by atoms with Crippen molar-refractivity contribution in [2.24, 2.45) is 0 Å². The number of likely N-dealkylation sites (N-methyl/N-ethyl adjacent to an activating group) is 1. The highest BCUT2D eigenvalue weighted by atomic mass is 35.5. The first kappa shape index (κ1) is 20.9. The number of benzene rings is 1. The average molecular weight is 457 g/mol. The van der Waals surface area contributed by atoms with Crippen molar-refractivity contribution in [2.45, 2.75) is 4.21 Å². The van der Waals surface area contributed by atoms with Gasteiger partial charge in [0.05, 0.1) is 21.5 Å². The molecular weight excluding hydrogens is 445 g/mol. The largest absolute Gasteiger partial charge is 0.272 e. The molecule has 0 aliphatic rings. The molecule has 2 N–H and O–H groups in total. The zero-order valence-corrected chi connectivity index (χ0v) is 17.0. The number of hydrogen-bond donors (Lipinski definition) is 2. The summed E-state index contributed by atoms with van der Waals surface area (Å²) in [7, 11) is -2.63. The van der Waals surface area contributed by atoms with Crippen LogP contribution in [0.4, 0.5) is 0 Å². The molecule has 0 bridgehead atoms. The summed E-state index contributed by atoms with van der Waals surface area (Å²) in [6.45, 7) is -0.512. The highest BCUT2D eigenvalue weighted by molar-refractivity contribution is 7.91. The SMILES string of the molecule is CN(CC(=O)NNC(=O)c1cc(Cl)ccc1Cl)S(=O)(=O)c1ccc(Cl)s1. The third kappa shape index (κ3) is 5.09. The molecule has 0 unspecified atom stereocenters. The topological polar surface area (TPSA) is 95.6 Å². The third-order valence-electron chi connectivity index (χ3n) is 3.07. The van der Waals surface area contributed by atoms with Gasteiger partial charge in [-0.1, -0.05) is 34.8 Å². The lowest BCUT2D eigenvalue weighted by molar-refractivity contribution is -0.121. The Hall–Kier alpha value is -1.36. The molecule has 7 nitrogen and oxygen atoms in total. The van der Waals surface area contributed by atoms with E-state index >= 15 is 0 Å². The lowest BCUT2D eigenvalue weighted by atomic mass is 10.2. The Morgan fingerprint density at radius 1 is 1.12 bits per heavy atom. The maximum absolute atomic E-state index is 12.3. The number of carbonyl (C=O) groups is 2. The number of rotatable bonds is 5. The van der Waals surface area contributed by atoms with Crippen LogP contribution in [0, 0.1) is 0 Å². The van der Waals surface area contributed by atoms with Crippen molar-refractivity contribution in [3.8, 4) is 0 Å². The molecule has 0 atom stereocenters. The van der Waals surface area contributed by atoms with Crippen molar-refractivity contribution in [3.05, 3.63) is 50.3 Å². The molecule has 0 saturated heterocycles.